The van der Waals surface area contributed by atoms with Crippen LogP contribution >= 0.6 is 22.9 Å². The molecule has 0 unspecified atom stereocenters. The summed E-state index contributed by atoms with van der Waals surface area (Å²) in [4.78, 5) is 42.4. The number of carbonyl (C=O) groups is 1. The topological polar surface area (TPSA) is 82.3 Å². The molecule has 38 heavy (non-hydrogen) atoms. The van der Waals surface area contributed by atoms with E-state index in [-0.39, 0.29) is 12.5 Å². The van der Waals surface area contributed by atoms with Gasteiger partial charge in [-0.3, -0.25) is 14.2 Å². The van der Waals surface area contributed by atoms with Crippen LogP contribution in [0, 0.1) is 0 Å². The summed E-state index contributed by atoms with van der Waals surface area (Å²) >= 11 is 7.54. The van der Waals surface area contributed by atoms with Crippen molar-refractivity contribution >= 4 is 55.5 Å². The molecule has 3 aromatic carbocycles. The number of nitrogens with one attached hydrogen (secondary N) is 1. The number of rotatable bonds is 4. The molecule has 0 radical (unpaired) electrons. The van der Waals surface area contributed by atoms with Gasteiger partial charge in [-0.2, -0.15) is 0 Å². The van der Waals surface area contributed by atoms with Crippen LogP contribution in [-0.2, 0) is 29.1 Å². The largest absolute Gasteiger partial charge is 0.370 e. The van der Waals surface area contributed by atoms with Crippen LogP contribution in [0.15, 0.2) is 76.3 Å². The Labute approximate surface area is 226 Å². The van der Waals surface area contributed by atoms with Crippen LogP contribution in [0.25, 0.3) is 26.7 Å². The number of thiophene rings is 1. The van der Waals surface area contributed by atoms with Gasteiger partial charge in [0.15, 0.2) is 0 Å². The predicted molar refractivity (Wildman–Crippen MR) is 152 cm³/mol. The lowest BCUT2D eigenvalue weighted by Gasteiger charge is -2.29. The Balaban J connectivity index is 1.52. The lowest BCUT2D eigenvalue weighted by molar-refractivity contribution is -0.116. The van der Waals surface area contributed by atoms with Gasteiger partial charge in [-0.25, -0.2) is 9.36 Å². The first kappa shape index (κ1) is 24.6. The first-order chi connectivity index (χ1) is 18.2. The highest BCUT2D eigenvalue weighted by Crippen LogP contribution is 2.37. The summed E-state index contributed by atoms with van der Waals surface area (Å²) in [7, 11) is 0. The van der Waals surface area contributed by atoms with Gasteiger partial charge in [0.25, 0.3) is 5.56 Å². The van der Waals surface area contributed by atoms with Crippen molar-refractivity contribution in [1.29, 1.82) is 0 Å². The van der Waals surface area contributed by atoms with E-state index in [1.54, 1.807) is 24.3 Å². The maximum absolute atomic E-state index is 13.9. The van der Waals surface area contributed by atoms with E-state index in [9.17, 15) is 14.4 Å². The van der Waals surface area contributed by atoms with Crippen molar-refractivity contribution in [1.82, 2.24) is 9.13 Å². The number of anilines is 1. The van der Waals surface area contributed by atoms with Crippen molar-refractivity contribution in [3.8, 4) is 5.69 Å². The van der Waals surface area contributed by atoms with E-state index in [0.717, 1.165) is 25.8 Å². The fraction of sp³-hybridized carbons (Fsp3) is 0.207. The third-order valence-electron chi connectivity index (χ3n) is 6.78. The second kappa shape index (κ2) is 9.23. The minimum Gasteiger partial charge on any atom is -0.370 e. The number of amides is 1. The molecule has 0 saturated carbocycles. The highest BCUT2D eigenvalue weighted by atomic mass is 35.5. The summed E-state index contributed by atoms with van der Waals surface area (Å²) < 4.78 is 8.47. The van der Waals surface area contributed by atoms with Gasteiger partial charge >= 0.3 is 5.69 Å². The second-order valence-corrected chi connectivity index (χ2v) is 11.5. The zero-order valence-electron chi connectivity index (χ0n) is 20.8. The van der Waals surface area contributed by atoms with Gasteiger partial charge < -0.3 is 10.1 Å². The Morgan fingerprint density at radius 1 is 1.08 bits per heavy atom. The molecule has 3 heterocycles. The van der Waals surface area contributed by atoms with Crippen LogP contribution in [0.3, 0.4) is 0 Å². The molecule has 192 valence electrons. The van der Waals surface area contributed by atoms with Crippen LogP contribution in [0.1, 0.15) is 24.3 Å². The number of fused-ring (bicyclic) bond motifs is 4. The fourth-order valence-electron chi connectivity index (χ4n) is 5.01. The lowest BCUT2D eigenvalue weighted by Crippen LogP contribution is -2.41. The molecule has 0 saturated heterocycles. The van der Waals surface area contributed by atoms with Gasteiger partial charge in [-0.1, -0.05) is 54.1 Å². The number of nitrogens with zero attached hydrogens (tertiary/aromatic N) is 2. The standard InChI is InChI=1S/C29H24ClN3O4S/c1-29(2)14-21-23(16-37-29)38-27-25(21)26(35)33(19-10-6-9-18(30)13-19)28(36)32(27)15-24(34)31-22-12-5-8-17-7-3-4-11-20(17)22/h3-13H,14-16H2,1-2H3,(H,31,34). The molecular formula is C29H24ClN3O4S. The molecular weight excluding hydrogens is 522 g/mol. The van der Waals surface area contributed by atoms with E-state index in [0.29, 0.717) is 39.6 Å². The van der Waals surface area contributed by atoms with Gasteiger partial charge in [0.05, 0.1) is 23.3 Å². The SMILES string of the molecule is CC1(C)Cc2c(sc3c2c(=O)n(-c2cccc(Cl)c2)c(=O)n3CC(=O)Nc2cccc3ccccc23)CO1. The van der Waals surface area contributed by atoms with Crippen LogP contribution < -0.4 is 16.6 Å². The molecule has 0 fully saturated rings. The molecule has 1 amide bonds. The molecule has 0 aliphatic carbocycles. The average Bonchev–Trinajstić information content (AvgIpc) is 3.25. The molecule has 1 aliphatic rings. The van der Waals surface area contributed by atoms with Crippen molar-refractivity contribution in [2.75, 3.05) is 5.32 Å². The molecule has 1 aliphatic heterocycles. The van der Waals surface area contributed by atoms with Crippen molar-refractivity contribution in [2.24, 2.45) is 0 Å². The number of aromatic nitrogens is 2. The maximum Gasteiger partial charge on any atom is 0.337 e. The lowest BCUT2D eigenvalue weighted by atomic mass is 9.94. The Kier molecular flexibility index (Phi) is 5.98. The number of carbonyl (C=O) groups excluding carboxylic acids is 1. The van der Waals surface area contributed by atoms with Crippen molar-refractivity contribution in [3.05, 3.63) is 103 Å². The minimum atomic E-state index is -0.600. The van der Waals surface area contributed by atoms with Gasteiger partial charge in [-0.15, -0.1) is 11.3 Å². The summed E-state index contributed by atoms with van der Waals surface area (Å²) in [6, 6.07) is 20.0. The van der Waals surface area contributed by atoms with Crippen molar-refractivity contribution in [3.63, 3.8) is 0 Å². The molecule has 5 aromatic rings. The summed E-state index contributed by atoms with van der Waals surface area (Å²) in [6.07, 6.45) is 0.521. The molecule has 6 rings (SSSR count). The maximum atomic E-state index is 13.9. The fourth-order valence-corrected chi connectivity index (χ4v) is 6.40. The number of ether oxygens (including phenoxy) is 1. The quantitative estimate of drug-likeness (QED) is 0.323. The normalized spacial score (nSPS) is 14.5. The average molecular weight is 546 g/mol. The third kappa shape index (κ3) is 4.24. The Morgan fingerprint density at radius 3 is 2.66 bits per heavy atom. The molecule has 2 aromatic heterocycles. The molecule has 7 nitrogen and oxygen atoms in total. The van der Waals surface area contributed by atoms with E-state index in [1.807, 2.05) is 56.3 Å². The minimum absolute atomic E-state index is 0.261. The Bertz CT molecular complexity index is 1860. The molecule has 0 spiro atoms. The predicted octanol–water partition coefficient (Wildman–Crippen LogP) is 5.51. The highest BCUT2D eigenvalue weighted by molar-refractivity contribution is 7.18. The first-order valence-corrected chi connectivity index (χ1v) is 13.4. The third-order valence-corrected chi connectivity index (χ3v) is 8.25. The van der Waals surface area contributed by atoms with Crippen molar-refractivity contribution < 1.29 is 9.53 Å². The van der Waals surface area contributed by atoms with E-state index in [4.69, 9.17) is 16.3 Å². The monoisotopic (exact) mass is 545 g/mol. The van der Waals surface area contributed by atoms with E-state index >= 15 is 0 Å². The van der Waals surface area contributed by atoms with Gasteiger partial charge in [-0.05, 0) is 49.1 Å². The van der Waals surface area contributed by atoms with E-state index in [1.165, 1.54) is 15.9 Å². The molecule has 1 N–H and O–H groups in total. The van der Waals surface area contributed by atoms with Crippen LogP contribution in [0.5, 0.6) is 0 Å². The summed E-state index contributed by atoms with van der Waals surface area (Å²) in [5.41, 5.74) is 0.390. The van der Waals surface area contributed by atoms with Crippen LogP contribution in [0.4, 0.5) is 5.69 Å². The number of hydrogen-bond donors (Lipinski definition) is 1. The second-order valence-electron chi connectivity index (χ2n) is 9.97. The van der Waals surface area contributed by atoms with E-state index < -0.39 is 16.9 Å². The number of benzene rings is 3. The summed E-state index contributed by atoms with van der Waals surface area (Å²) in [5, 5.41) is 5.69. The number of hydrogen-bond acceptors (Lipinski definition) is 5. The van der Waals surface area contributed by atoms with Gasteiger partial charge in [0.1, 0.15) is 11.4 Å². The van der Waals surface area contributed by atoms with Crippen molar-refractivity contribution in [2.45, 2.75) is 39.0 Å². The molecule has 0 bridgehead atoms. The first-order valence-electron chi connectivity index (χ1n) is 12.2. The van der Waals surface area contributed by atoms with Crippen LogP contribution in [0.2, 0.25) is 5.02 Å². The Morgan fingerprint density at radius 2 is 1.84 bits per heavy atom. The van der Waals surface area contributed by atoms with E-state index in [2.05, 4.69) is 5.32 Å². The summed E-state index contributed by atoms with van der Waals surface area (Å²) in [5.74, 6) is -0.371. The number of halogens is 1. The zero-order valence-corrected chi connectivity index (χ0v) is 22.4. The highest BCUT2D eigenvalue weighted by Gasteiger charge is 2.32. The molecule has 0 atom stereocenters. The summed E-state index contributed by atoms with van der Waals surface area (Å²) in [6.45, 7) is 4.03. The smallest absolute Gasteiger partial charge is 0.337 e. The zero-order chi connectivity index (χ0) is 26.6. The Hall–Kier alpha value is -3.72. The van der Waals surface area contributed by atoms with Crippen LogP contribution in [-0.4, -0.2) is 20.6 Å². The van der Waals surface area contributed by atoms with Gasteiger partial charge in [0, 0.05) is 27.4 Å². The van der Waals surface area contributed by atoms with Gasteiger partial charge in [0.2, 0.25) is 5.91 Å². The molecule has 9 heteroatoms.